The van der Waals surface area contributed by atoms with Crippen molar-refractivity contribution >= 4 is 21.6 Å². The maximum Gasteiger partial charge on any atom is 0.243 e. The number of amides is 1. The van der Waals surface area contributed by atoms with Crippen LogP contribution in [0.2, 0.25) is 0 Å². The van der Waals surface area contributed by atoms with Crippen LogP contribution >= 0.6 is 0 Å². The molecule has 0 aliphatic heterocycles. The molecule has 1 unspecified atom stereocenters. The second-order valence-electron chi connectivity index (χ2n) is 7.44. The van der Waals surface area contributed by atoms with Gasteiger partial charge in [-0.1, -0.05) is 56.3 Å². The van der Waals surface area contributed by atoms with Crippen molar-refractivity contribution < 1.29 is 17.6 Å². The molecule has 0 aromatic heterocycles. The quantitative estimate of drug-likeness (QED) is 0.467. The highest BCUT2D eigenvalue weighted by Crippen LogP contribution is 2.22. The third-order valence-electron chi connectivity index (χ3n) is 5.28. The summed E-state index contributed by atoms with van der Waals surface area (Å²) in [5.41, 5.74) is 2.28. The van der Waals surface area contributed by atoms with Crippen molar-refractivity contribution in [2.45, 2.75) is 24.8 Å². The number of nitrogens with one attached hydrogen (secondary N) is 2. The first kappa shape index (κ1) is 24.6. The Hall–Kier alpha value is -3.07. The first-order chi connectivity index (χ1) is 15.8. The van der Waals surface area contributed by atoms with Crippen LogP contribution in [-0.4, -0.2) is 38.3 Å². The van der Waals surface area contributed by atoms with Crippen molar-refractivity contribution in [3.63, 3.8) is 0 Å². The van der Waals surface area contributed by atoms with E-state index in [1.165, 1.54) is 28.6 Å². The lowest BCUT2D eigenvalue weighted by Gasteiger charge is -2.20. The summed E-state index contributed by atoms with van der Waals surface area (Å²) >= 11 is 0. The van der Waals surface area contributed by atoms with Crippen molar-refractivity contribution in [2.24, 2.45) is 0 Å². The van der Waals surface area contributed by atoms with Crippen LogP contribution in [0.15, 0.2) is 83.8 Å². The van der Waals surface area contributed by atoms with Crippen molar-refractivity contribution in [2.75, 3.05) is 25.0 Å². The molecule has 0 aliphatic rings. The normalized spacial score (nSPS) is 12.5. The minimum Gasteiger partial charge on any atom is -0.325 e. The van der Waals surface area contributed by atoms with E-state index in [0.29, 0.717) is 18.8 Å². The molecule has 33 heavy (non-hydrogen) atoms. The van der Waals surface area contributed by atoms with Gasteiger partial charge in [0.15, 0.2) is 0 Å². The van der Waals surface area contributed by atoms with Crippen LogP contribution in [0.4, 0.5) is 10.1 Å². The summed E-state index contributed by atoms with van der Waals surface area (Å²) in [7, 11) is -3.55. The highest BCUT2D eigenvalue weighted by molar-refractivity contribution is 7.89. The predicted molar refractivity (Wildman–Crippen MR) is 128 cm³/mol. The molecule has 8 heteroatoms. The summed E-state index contributed by atoms with van der Waals surface area (Å²) in [5, 5.41) is 6.00. The monoisotopic (exact) mass is 469 g/mol. The van der Waals surface area contributed by atoms with Gasteiger partial charge in [-0.2, -0.15) is 4.31 Å². The van der Waals surface area contributed by atoms with Crippen molar-refractivity contribution in [3.8, 4) is 0 Å². The second kappa shape index (κ2) is 11.2. The molecule has 2 N–H and O–H groups in total. The van der Waals surface area contributed by atoms with E-state index < -0.39 is 10.0 Å². The summed E-state index contributed by atoms with van der Waals surface area (Å²) in [6, 6.07) is 21.6. The van der Waals surface area contributed by atoms with Crippen LogP contribution in [0.3, 0.4) is 0 Å². The molecule has 3 aromatic rings. The highest BCUT2D eigenvalue weighted by Gasteiger charge is 2.21. The molecule has 0 saturated carbocycles. The van der Waals surface area contributed by atoms with Crippen molar-refractivity contribution in [1.82, 2.24) is 9.62 Å². The second-order valence-corrected chi connectivity index (χ2v) is 9.38. The lowest BCUT2D eigenvalue weighted by Crippen LogP contribution is -2.32. The molecule has 3 aromatic carbocycles. The first-order valence-corrected chi connectivity index (χ1v) is 12.2. The Morgan fingerprint density at radius 2 is 1.45 bits per heavy atom. The van der Waals surface area contributed by atoms with Gasteiger partial charge in [0.1, 0.15) is 5.82 Å². The molecule has 0 heterocycles. The summed E-state index contributed by atoms with van der Waals surface area (Å²) in [6.45, 7) is 4.37. The number of halogens is 1. The molecular weight excluding hydrogens is 441 g/mol. The molecule has 0 spiro atoms. The van der Waals surface area contributed by atoms with Gasteiger partial charge in [0, 0.05) is 18.8 Å². The highest BCUT2D eigenvalue weighted by atomic mass is 32.2. The fourth-order valence-electron chi connectivity index (χ4n) is 3.55. The van der Waals surface area contributed by atoms with Crippen LogP contribution in [-0.2, 0) is 14.8 Å². The maximum absolute atomic E-state index is 13.4. The third-order valence-corrected chi connectivity index (χ3v) is 7.35. The van der Waals surface area contributed by atoms with E-state index in [1.807, 2.05) is 30.3 Å². The van der Waals surface area contributed by atoms with Crippen LogP contribution in [0, 0.1) is 5.82 Å². The van der Waals surface area contributed by atoms with Crippen LogP contribution in [0.5, 0.6) is 0 Å². The molecule has 6 nitrogen and oxygen atoms in total. The standard InChI is InChI=1S/C25H28FN3O3S/c1-3-29(4-2)33(31,32)23-16-14-22(15-17-23)28-24(30)18-27-25(19-8-6-5-7-9-19)20-10-12-21(26)13-11-20/h5-17,25,27H,3-4,18H2,1-2H3,(H,28,30). The minimum atomic E-state index is -3.55. The van der Waals surface area contributed by atoms with Gasteiger partial charge in [-0.25, -0.2) is 12.8 Å². The zero-order valence-electron chi connectivity index (χ0n) is 18.7. The lowest BCUT2D eigenvalue weighted by molar-refractivity contribution is -0.115. The molecule has 0 saturated heterocycles. The molecule has 1 amide bonds. The fourth-order valence-corrected chi connectivity index (χ4v) is 5.01. The number of anilines is 1. The number of hydrogen-bond acceptors (Lipinski definition) is 4. The SMILES string of the molecule is CCN(CC)S(=O)(=O)c1ccc(NC(=O)CNC(c2ccccc2)c2ccc(F)cc2)cc1. The van der Waals surface area contributed by atoms with E-state index >= 15 is 0 Å². The van der Waals surface area contributed by atoms with Gasteiger partial charge >= 0.3 is 0 Å². The predicted octanol–water partition coefficient (Wildman–Crippen LogP) is 4.17. The Labute approximate surface area is 194 Å². The van der Waals surface area contributed by atoms with E-state index in [9.17, 15) is 17.6 Å². The van der Waals surface area contributed by atoms with Gasteiger partial charge in [0.05, 0.1) is 17.5 Å². The van der Waals surface area contributed by atoms with Crippen LogP contribution in [0.25, 0.3) is 0 Å². The summed E-state index contributed by atoms with van der Waals surface area (Å²) in [4.78, 5) is 12.7. The van der Waals surface area contributed by atoms with Gasteiger partial charge in [0.25, 0.3) is 0 Å². The first-order valence-electron chi connectivity index (χ1n) is 10.8. The average Bonchev–Trinajstić information content (AvgIpc) is 2.82. The smallest absolute Gasteiger partial charge is 0.243 e. The average molecular weight is 470 g/mol. The number of carbonyl (C=O) groups is 1. The van der Waals surface area contributed by atoms with Crippen LogP contribution in [0.1, 0.15) is 31.0 Å². The molecule has 174 valence electrons. The number of carbonyl (C=O) groups excluding carboxylic acids is 1. The number of benzene rings is 3. The zero-order chi connectivity index (χ0) is 23.8. The van der Waals surface area contributed by atoms with E-state index in [0.717, 1.165) is 11.1 Å². The van der Waals surface area contributed by atoms with Gasteiger partial charge < -0.3 is 5.32 Å². The Bertz CT molecular complexity index is 1150. The molecular formula is C25H28FN3O3S. The minimum absolute atomic E-state index is 0.0104. The number of rotatable bonds is 10. The van der Waals surface area contributed by atoms with E-state index in [1.54, 1.807) is 38.1 Å². The van der Waals surface area contributed by atoms with E-state index in [4.69, 9.17) is 0 Å². The maximum atomic E-state index is 13.4. The van der Waals surface area contributed by atoms with Crippen molar-refractivity contribution in [1.29, 1.82) is 0 Å². The van der Waals surface area contributed by atoms with E-state index in [2.05, 4.69) is 10.6 Å². The number of hydrogen-bond donors (Lipinski definition) is 2. The Balaban J connectivity index is 1.67. The molecule has 0 bridgehead atoms. The zero-order valence-corrected chi connectivity index (χ0v) is 19.5. The lowest BCUT2D eigenvalue weighted by atomic mass is 9.98. The molecule has 0 aliphatic carbocycles. The Kier molecular flexibility index (Phi) is 8.32. The topological polar surface area (TPSA) is 78.5 Å². The van der Waals surface area contributed by atoms with Crippen molar-refractivity contribution in [3.05, 3.63) is 95.8 Å². The molecule has 0 radical (unpaired) electrons. The van der Waals surface area contributed by atoms with Gasteiger partial charge in [-0.3, -0.25) is 10.1 Å². The molecule has 1 atom stereocenters. The Morgan fingerprint density at radius 3 is 2.03 bits per heavy atom. The summed E-state index contributed by atoms with van der Waals surface area (Å²) in [5.74, 6) is -0.604. The van der Waals surface area contributed by atoms with Gasteiger partial charge in [-0.15, -0.1) is 0 Å². The third kappa shape index (κ3) is 6.25. The fraction of sp³-hybridized carbons (Fsp3) is 0.240. The number of nitrogens with zero attached hydrogens (tertiary/aromatic N) is 1. The Morgan fingerprint density at radius 1 is 0.879 bits per heavy atom. The largest absolute Gasteiger partial charge is 0.325 e. The molecule has 3 rings (SSSR count). The van der Waals surface area contributed by atoms with Gasteiger partial charge in [0.2, 0.25) is 15.9 Å². The number of sulfonamides is 1. The van der Waals surface area contributed by atoms with Crippen LogP contribution < -0.4 is 10.6 Å². The molecule has 0 fully saturated rings. The van der Waals surface area contributed by atoms with E-state index in [-0.39, 0.29) is 29.2 Å². The summed E-state index contributed by atoms with van der Waals surface area (Å²) in [6.07, 6.45) is 0. The summed E-state index contributed by atoms with van der Waals surface area (Å²) < 4.78 is 40.0. The van der Waals surface area contributed by atoms with Gasteiger partial charge in [-0.05, 0) is 47.5 Å².